The third-order valence-electron chi connectivity index (χ3n) is 1.97. The maximum Gasteiger partial charge on any atom is 0.398 e. The van der Waals surface area contributed by atoms with Gasteiger partial charge in [-0.1, -0.05) is 6.07 Å². The molecule has 0 saturated heterocycles. The maximum absolute atomic E-state index is 5.59. The first-order valence-electron chi connectivity index (χ1n) is 7.18. The molecule has 0 N–H and O–H groups in total. The molecular formula is C13H23NO6P2. The first kappa shape index (κ1) is 19.5. The summed E-state index contributed by atoms with van der Waals surface area (Å²) in [6, 6.07) is 5.20. The zero-order valence-corrected chi connectivity index (χ0v) is 15.1. The predicted octanol–water partition coefficient (Wildman–Crippen LogP) is 4.44. The molecule has 0 aromatic carbocycles. The van der Waals surface area contributed by atoms with Crippen molar-refractivity contribution < 1.29 is 27.1 Å². The molecule has 0 saturated carbocycles. The van der Waals surface area contributed by atoms with Gasteiger partial charge in [-0.2, -0.15) is 4.98 Å². The van der Waals surface area contributed by atoms with Crippen LogP contribution in [0, 0.1) is 0 Å². The summed E-state index contributed by atoms with van der Waals surface area (Å²) in [6.45, 7) is 9.52. The van der Waals surface area contributed by atoms with Crippen LogP contribution in [0.2, 0.25) is 0 Å². The smallest absolute Gasteiger partial charge is 0.398 e. The Morgan fingerprint density at radius 1 is 0.727 bits per heavy atom. The van der Waals surface area contributed by atoms with Crippen molar-refractivity contribution in [3.8, 4) is 11.8 Å². The van der Waals surface area contributed by atoms with Gasteiger partial charge in [0.05, 0.1) is 26.4 Å². The van der Waals surface area contributed by atoms with E-state index in [-0.39, 0.29) is 0 Å². The lowest BCUT2D eigenvalue weighted by Gasteiger charge is -2.17. The van der Waals surface area contributed by atoms with Crippen molar-refractivity contribution in [3.63, 3.8) is 0 Å². The number of aromatic nitrogens is 1. The van der Waals surface area contributed by atoms with Crippen LogP contribution in [-0.4, -0.2) is 31.4 Å². The zero-order valence-electron chi connectivity index (χ0n) is 13.4. The van der Waals surface area contributed by atoms with Crippen LogP contribution in [0.1, 0.15) is 27.7 Å². The molecular weight excluding hydrogens is 328 g/mol. The van der Waals surface area contributed by atoms with Gasteiger partial charge in [0, 0.05) is 12.1 Å². The molecule has 126 valence electrons. The Morgan fingerprint density at radius 3 is 1.41 bits per heavy atom. The predicted molar refractivity (Wildman–Crippen MR) is 85.8 cm³/mol. The summed E-state index contributed by atoms with van der Waals surface area (Å²) in [4.78, 5) is 4.25. The van der Waals surface area contributed by atoms with Gasteiger partial charge >= 0.3 is 17.2 Å². The van der Waals surface area contributed by atoms with Crippen molar-refractivity contribution >= 4 is 17.2 Å². The Hall–Kier alpha value is -0.550. The van der Waals surface area contributed by atoms with Crippen molar-refractivity contribution in [1.29, 1.82) is 0 Å². The Bertz CT molecular complexity index is 367. The largest absolute Gasteiger partial charge is 0.408 e. The van der Waals surface area contributed by atoms with Gasteiger partial charge in [0.2, 0.25) is 11.8 Å². The number of hydrogen-bond donors (Lipinski definition) is 0. The maximum atomic E-state index is 5.59. The van der Waals surface area contributed by atoms with Gasteiger partial charge in [-0.15, -0.1) is 0 Å². The van der Waals surface area contributed by atoms with E-state index in [9.17, 15) is 0 Å². The number of pyridine rings is 1. The molecule has 1 heterocycles. The quantitative estimate of drug-likeness (QED) is 0.516. The van der Waals surface area contributed by atoms with E-state index in [4.69, 9.17) is 27.1 Å². The molecule has 0 amide bonds. The Balaban J connectivity index is 2.67. The highest BCUT2D eigenvalue weighted by Gasteiger charge is 2.17. The molecule has 0 atom stereocenters. The topological polar surface area (TPSA) is 68.3 Å². The number of hydrogen-bond acceptors (Lipinski definition) is 7. The summed E-state index contributed by atoms with van der Waals surface area (Å²) in [5.41, 5.74) is 0. The van der Waals surface area contributed by atoms with Crippen molar-refractivity contribution in [2.75, 3.05) is 26.4 Å². The molecule has 0 bridgehead atoms. The lowest BCUT2D eigenvalue weighted by Crippen LogP contribution is -2.01. The lowest BCUT2D eigenvalue weighted by molar-refractivity contribution is 0.215. The summed E-state index contributed by atoms with van der Waals surface area (Å²) in [6.07, 6.45) is 0. The molecule has 22 heavy (non-hydrogen) atoms. The highest BCUT2D eigenvalue weighted by molar-refractivity contribution is 7.42. The molecule has 0 unspecified atom stereocenters. The normalized spacial score (nSPS) is 11.2. The molecule has 7 nitrogen and oxygen atoms in total. The highest BCUT2D eigenvalue weighted by Crippen LogP contribution is 2.42. The SMILES string of the molecule is CCOP(OCC)Oc1cccc(OP(OCC)OCC)n1. The van der Waals surface area contributed by atoms with E-state index in [0.717, 1.165) is 0 Å². The average Bonchev–Trinajstić information content (AvgIpc) is 2.49. The second-order valence-corrected chi connectivity index (χ2v) is 5.91. The van der Waals surface area contributed by atoms with Crippen molar-refractivity contribution in [1.82, 2.24) is 4.98 Å². The molecule has 0 aliphatic heterocycles. The van der Waals surface area contributed by atoms with E-state index in [1.165, 1.54) is 0 Å². The van der Waals surface area contributed by atoms with Crippen molar-refractivity contribution in [3.05, 3.63) is 18.2 Å². The number of rotatable bonds is 12. The van der Waals surface area contributed by atoms with Crippen LogP contribution in [0.3, 0.4) is 0 Å². The molecule has 1 rings (SSSR count). The van der Waals surface area contributed by atoms with Gasteiger partial charge in [0.25, 0.3) is 0 Å². The highest BCUT2D eigenvalue weighted by atomic mass is 31.2. The molecule has 0 aliphatic rings. The van der Waals surface area contributed by atoms with Crippen LogP contribution in [0.25, 0.3) is 0 Å². The van der Waals surface area contributed by atoms with Crippen LogP contribution >= 0.6 is 17.2 Å². The minimum absolute atomic E-state index is 0.369. The van der Waals surface area contributed by atoms with Crippen LogP contribution in [-0.2, 0) is 18.1 Å². The van der Waals surface area contributed by atoms with E-state index in [0.29, 0.717) is 38.2 Å². The molecule has 0 aliphatic carbocycles. The van der Waals surface area contributed by atoms with Gasteiger partial charge in [-0.25, -0.2) is 0 Å². The zero-order chi connectivity index (χ0) is 16.2. The number of nitrogens with zero attached hydrogens (tertiary/aromatic N) is 1. The first-order chi connectivity index (χ1) is 10.7. The van der Waals surface area contributed by atoms with E-state index >= 15 is 0 Å². The molecule has 1 aromatic rings. The third kappa shape index (κ3) is 7.63. The average molecular weight is 351 g/mol. The Kier molecular flexibility index (Phi) is 10.6. The second-order valence-electron chi connectivity index (χ2n) is 3.61. The molecule has 9 heteroatoms. The lowest BCUT2D eigenvalue weighted by atomic mass is 10.5. The van der Waals surface area contributed by atoms with Crippen LogP contribution < -0.4 is 9.05 Å². The summed E-state index contributed by atoms with van der Waals surface area (Å²) in [7, 11) is -2.92. The summed E-state index contributed by atoms with van der Waals surface area (Å²) in [5.74, 6) is 0.738. The Morgan fingerprint density at radius 2 is 1.09 bits per heavy atom. The minimum atomic E-state index is -1.46. The Labute approximate surface area is 134 Å². The van der Waals surface area contributed by atoms with E-state index in [1.807, 2.05) is 27.7 Å². The molecule has 0 radical (unpaired) electrons. The fourth-order valence-electron chi connectivity index (χ4n) is 1.25. The monoisotopic (exact) mass is 351 g/mol. The van der Waals surface area contributed by atoms with Gasteiger partial charge in [-0.3, -0.25) is 0 Å². The van der Waals surface area contributed by atoms with Gasteiger partial charge in [0.15, 0.2) is 0 Å². The summed E-state index contributed by atoms with van der Waals surface area (Å²) >= 11 is 0. The standard InChI is InChI=1S/C13H23NO6P2/c1-5-15-21(16-6-2)19-12-10-9-11-13(14-12)20-22(17-7-3)18-8-4/h9-11H,5-8H2,1-4H3. The van der Waals surface area contributed by atoms with Crippen LogP contribution in [0.15, 0.2) is 18.2 Å². The van der Waals surface area contributed by atoms with Crippen molar-refractivity contribution in [2.24, 2.45) is 0 Å². The van der Waals surface area contributed by atoms with Crippen LogP contribution in [0.4, 0.5) is 0 Å². The van der Waals surface area contributed by atoms with E-state index in [1.54, 1.807) is 18.2 Å². The van der Waals surface area contributed by atoms with Gasteiger partial charge in [0.1, 0.15) is 0 Å². The van der Waals surface area contributed by atoms with Gasteiger partial charge < -0.3 is 27.1 Å². The van der Waals surface area contributed by atoms with Gasteiger partial charge in [-0.05, 0) is 27.7 Å². The summed E-state index contributed by atoms with van der Waals surface area (Å²) in [5, 5.41) is 0. The van der Waals surface area contributed by atoms with Crippen LogP contribution in [0.5, 0.6) is 11.8 Å². The third-order valence-corrected chi connectivity index (χ3v) is 4.52. The van der Waals surface area contributed by atoms with E-state index in [2.05, 4.69) is 4.98 Å². The minimum Gasteiger partial charge on any atom is -0.408 e. The fourth-order valence-corrected chi connectivity index (χ4v) is 2.96. The second kappa shape index (κ2) is 11.9. The molecule has 0 fully saturated rings. The summed E-state index contributed by atoms with van der Waals surface area (Å²) < 4.78 is 32.7. The van der Waals surface area contributed by atoms with Crippen molar-refractivity contribution in [2.45, 2.75) is 27.7 Å². The fraction of sp³-hybridized carbons (Fsp3) is 0.615. The molecule has 0 spiro atoms. The molecule has 1 aromatic heterocycles. The first-order valence-corrected chi connectivity index (χ1v) is 9.37. The van der Waals surface area contributed by atoms with E-state index < -0.39 is 17.2 Å².